The minimum Gasteiger partial charge on any atom is -0.393 e. The number of hydrogen-bond acceptors (Lipinski definition) is 2. The van der Waals surface area contributed by atoms with Crippen molar-refractivity contribution in [1.82, 2.24) is 5.32 Å². The van der Waals surface area contributed by atoms with Crippen LogP contribution in [0.1, 0.15) is 38.5 Å². The summed E-state index contributed by atoms with van der Waals surface area (Å²) >= 11 is 0. The molecule has 0 amide bonds. The maximum atomic E-state index is 12.8. The van der Waals surface area contributed by atoms with Gasteiger partial charge < -0.3 is 10.4 Å². The van der Waals surface area contributed by atoms with Gasteiger partial charge in [0.05, 0.1) is 12.0 Å². The van der Waals surface area contributed by atoms with Crippen LogP contribution in [0.2, 0.25) is 0 Å². The van der Waals surface area contributed by atoms with Crippen molar-refractivity contribution in [2.75, 3.05) is 6.54 Å². The first-order chi connectivity index (χ1) is 7.97. The molecule has 0 radical (unpaired) electrons. The Hall–Kier alpha value is -0.290. The molecule has 0 heterocycles. The summed E-state index contributed by atoms with van der Waals surface area (Å²) in [7, 11) is 0. The maximum absolute atomic E-state index is 12.8. The van der Waals surface area contributed by atoms with Gasteiger partial charge in [-0.3, -0.25) is 0 Å². The lowest BCUT2D eigenvalue weighted by Crippen LogP contribution is -2.48. The van der Waals surface area contributed by atoms with E-state index in [2.05, 4.69) is 5.32 Å². The number of rotatable bonds is 3. The fourth-order valence-electron chi connectivity index (χ4n) is 2.95. The van der Waals surface area contributed by atoms with Crippen molar-refractivity contribution >= 4 is 0 Å². The minimum atomic E-state index is -4.07. The Bertz CT molecular complexity index is 251. The van der Waals surface area contributed by atoms with Crippen LogP contribution in [0.15, 0.2) is 0 Å². The molecule has 2 saturated carbocycles. The summed E-state index contributed by atoms with van der Waals surface area (Å²) < 4.78 is 38.4. The minimum absolute atomic E-state index is 0.230. The van der Waals surface area contributed by atoms with Gasteiger partial charge in [-0.25, -0.2) is 0 Å². The molecule has 17 heavy (non-hydrogen) atoms. The van der Waals surface area contributed by atoms with Gasteiger partial charge in [0.15, 0.2) is 0 Å². The summed E-state index contributed by atoms with van der Waals surface area (Å²) in [6, 6.07) is -0.415. The zero-order valence-electron chi connectivity index (χ0n) is 9.84. The Balaban J connectivity index is 1.80. The molecule has 0 aromatic carbocycles. The van der Waals surface area contributed by atoms with Crippen LogP contribution in [0, 0.1) is 11.8 Å². The van der Waals surface area contributed by atoms with Crippen molar-refractivity contribution in [3.63, 3.8) is 0 Å². The Morgan fingerprint density at radius 3 is 2.35 bits per heavy atom. The molecule has 2 aliphatic carbocycles. The third kappa shape index (κ3) is 3.35. The van der Waals surface area contributed by atoms with Crippen LogP contribution < -0.4 is 5.32 Å². The molecule has 0 aromatic rings. The zero-order valence-corrected chi connectivity index (χ0v) is 9.84. The number of halogens is 3. The van der Waals surface area contributed by atoms with E-state index in [1.54, 1.807) is 0 Å². The van der Waals surface area contributed by atoms with Gasteiger partial charge >= 0.3 is 6.18 Å². The molecule has 2 N–H and O–H groups in total. The van der Waals surface area contributed by atoms with Gasteiger partial charge in [-0.1, -0.05) is 12.8 Å². The fourth-order valence-corrected chi connectivity index (χ4v) is 2.95. The average molecular weight is 251 g/mol. The molecule has 2 nitrogen and oxygen atoms in total. The maximum Gasteiger partial charge on any atom is 0.393 e. The second-order valence-corrected chi connectivity index (χ2v) is 5.44. The van der Waals surface area contributed by atoms with E-state index in [9.17, 15) is 13.2 Å². The van der Waals surface area contributed by atoms with Crippen LogP contribution in [-0.2, 0) is 0 Å². The van der Waals surface area contributed by atoms with Crippen molar-refractivity contribution in [2.24, 2.45) is 11.8 Å². The third-order valence-electron chi connectivity index (χ3n) is 4.07. The van der Waals surface area contributed by atoms with Crippen LogP contribution in [-0.4, -0.2) is 30.0 Å². The smallest absolute Gasteiger partial charge is 0.393 e. The molecule has 2 rings (SSSR count). The summed E-state index contributed by atoms with van der Waals surface area (Å²) in [4.78, 5) is 0. The summed E-state index contributed by atoms with van der Waals surface area (Å²) in [5, 5.41) is 12.2. The summed E-state index contributed by atoms with van der Waals surface area (Å²) in [6.07, 6.45) is -0.383. The number of nitrogens with one attached hydrogen (secondary N) is 1. The van der Waals surface area contributed by atoms with Crippen LogP contribution in [0.5, 0.6) is 0 Å². The van der Waals surface area contributed by atoms with Gasteiger partial charge in [0.1, 0.15) is 0 Å². The molecule has 5 heteroatoms. The normalized spacial score (nSPS) is 38.8. The molecule has 2 fully saturated rings. The molecule has 0 aromatic heterocycles. The van der Waals surface area contributed by atoms with Crippen molar-refractivity contribution < 1.29 is 18.3 Å². The van der Waals surface area contributed by atoms with Crippen molar-refractivity contribution in [3.05, 3.63) is 0 Å². The predicted octanol–water partition coefficient (Wildman–Crippen LogP) is 2.47. The Morgan fingerprint density at radius 2 is 1.76 bits per heavy atom. The Labute approximate surface area is 99.6 Å². The molecular weight excluding hydrogens is 231 g/mol. The molecule has 0 aliphatic heterocycles. The first-order valence-corrected chi connectivity index (χ1v) is 6.45. The second-order valence-electron chi connectivity index (χ2n) is 5.44. The van der Waals surface area contributed by atoms with Crippen molar-refractivity contribution in [2.45, 2.75) is 56.8 Å². The van der Waals surface area contributed by atoms with E-state index < -0.39 is 18.1 Å². The third-order valence-corrected chi connectivity index (χ3v) is 4.07. The van der Waals surface area contributed by atoms with Gasteiger partial charge in [0.2, 0.25) is 0 Å². The highest BCUT2D eigenvalue weighted by molar-refractivity contribution is 4.88. The SMILES string of the molecule is OC1CC(CNC2CCCCC2C(F)(F)F)C1. The van der Waals surface area contributed by atoms with Gasteiger partial charge in [-0.15, -0.1) is 0 Å². The van der Waals surface area contributed by atoms with Crippen LogP contribution >= 0.6 is 0 Å². The highest BCUT2D eigenvalue weighted by Crippen LogP contribution is 2.38. The summed E-state index contributed by atoms with van der Waals surface area (Å²) in [6.45, 7) is 0.619. The quantitative estimate of drug-likeness (QED) is 0.807. The van der Waals surface area contributed by atoms with Crippen LogP contribution in [0.3, 0.4) is 0 Å². The molecule has 0 saturated heterocycles. The van der Waals surface area contributed by atoms with E-state index in [4.69, 9.17) is 5.11 Å². The Morgan fingerprint density at radius 1 is 1.12 bits per heavy atom. The molecular formula is C12H20F3NO. The average Bonchev–Trinajstić information content (AvgIpc) is 2.22. The highest BCUT2D eigenvalue weighted by atomic mass is 19.4. The first kappa shape index (κ1) is 13.1. The molecule has 2 atom stereocenters. The standard InChI is InChI=1S/C12H20F3NO/c13-12(14,15)10-3-1-2-4-11(10)16-7-8-5-9(17)6-8/h8-11,16-17H,1-7H2. The van der Waals surface area contributed by atoms with E-state index in [1.165, 1.54) is 0 Å². The zero-order chi connectivity index (χ0) is 12.5. The number of aliphatic hydroxyl groups excluding tert-OH is 1. The van der Waals surface area contributed by atoms with Crippen LogP contribution in [0.4, 0.5) is 13.2 Å². The summed E-state index contributed by atoms with van der Waals surface area (Å²) in [5.74, 6) is -0.818. The fraction of sp³-hybridized carbons (Fsp3) is 1.00. The number of alkyl halides is 3. The van der Waals surface area contributed by atoms with Gasteiger partial charge in [0.25, 0.3) is 0 Å². The Kier molecular flexibility index (Phi) is 3.98. The molecule has 2 unspecified atom stereocenters. The molecule has 100 valence electrons. The van der Waals surface area contributed by atoms with Crippen LogP contribution in [0.25, 0.3) is 0 Å². The van der Waals surface area contributed by atoms with Crippen molar-refractivity contribution in [1.29, 1.82) is 0 Å². The van der Waals surface area contributed by atoms with E-state index in [1.807, 2.05) is 0 Å². The molecule has 2 aliphatic rings. The van der Waals surface area contributed by atoms with E-state index in [0.717, 1.165) is 19.3 Å². The number of aliphatic hydroxyl groups is 1. The van der Waals surface area contributed by atoms with E-state index in [-0.39, 0.29) is 12.5 Å². The van der Waals surface area contributed by atoms with E-state index in [0.29, 0.717) is 25.3 Å². The monoisotopic (exact) mass is 251 g/mol. The van der Waals surface area contributed by atoms with Gasteiger partial charge in [-0.2, -0.15) is 13.2 Å². The second kappa shape index (κ2) is 5.14. The van der Waals surface area contributed by atoms with E-state index >= 15 is 0 Å². The van der Waals surface area contributed by atoms with Crippen molar-refractivity contribution in [3.8, 4) is 0 Å². The topological polar surface area (TPSA) is 32.3 Å². The predicted molar refractivity (Wildman–Crippen MR) is 58.5 cm³/mol. The first-order valence-electron chi connectivity index (χ1n) is 6.45. The largest absolute Gasteiger partial charge is 0.393 e. The lowest BCUT2D eigenvalue weighted by molar-refractivity contribution is -0.189. The summed E-state index contributed by atoms with van der Waals surface area (Å²) in [5.41, 5.74) is 0. The molecule has 0 spiro atoms. The number of hydrogen-bond donors (Lipinski definition) is 2. The van der Waals surface area contributed by atoms with Gasteiger partial charge in [0, 0.05) is 6.04 Å². The lowest BCUT2D eigenvalue weighted by atomic mass is 9.80. The lowest BCUT2D eigenvalue weighted by Gasteiger charge is -2.37. The van der Waals surface area contributed by atoms with Gasteiger partial charge in [-0.05, 0) is 38.1 Å². The highest BCUT2D eigenvalue weighted by Gasteiger charge is 2.45. The molecule has 0 bridgehead atoms.